The number of rotatable bonds is 2. The van der Waals surface area contributed by atoms with E-state index in [1.165, 1.54) is 0 Å². The van der Waals surface area contributed by atoms with Crippen molar-refractivity contribution in [3.63, 3.8) is 0 Å². The third kappa shape index (κ3) is 3.37. The maximum atomic E-state index is 9.90. The van der Waals surface area contributed by atoms with Crippen molar-refractivity contribution in [3.05, 3.63) is 12.2 Å². The lowest BCUT2D eigenvalue weighted by Gasteiger charge is -2.34. The summed E-state index contributed by atoms with van der Waals surface area (Å²) in [4.78, 5) is 0. The Morgan fingerprint density at radius 2 is 1.58 bits per heavy atom. The molecule has 0 aliphatic heterocycles. The first-order valence-electron chi connectivity index (χ1n) is 4.26. The molecule has 0 aliphatic rings. The van der Waals surface area contributed by atoms with Crippen LogP contribution in [-0.4, -0.2) is 21.9 Å². The fraction of sp³-hybridized carbons (Fsp3) is 0.800. The van der Waals surface area contributed by atoms with Crippen LogP contribution in [0.15, 0.2) is 12.2 Å². The third-order valence-corrected chi connectivity index (χ3v) is 2.22. The van der Waals surface area contributed by atoms with Gasteiger partial charge in [0.25, 0.3) is 0 Å². The first kappa shape index (κ1) is 11.7. The Morgan fingerprint density at radius 3 is 1.83 bits per heavy atom. The lowest BCUT2D eigenvalue weighted by atomic mass is 9.77. The summed E-state index contributed by atoms with van der Waals surface area (Å²) in [6, 6.07) is 0. The largest absolute Gasteiger partial charge is 0.389 e. The summed E-state index contributed by atoms with van der Waals surface area (Å²) in [5, 5.41) is 18.9. The zero-order valence-electron chi connectivity index (χ0n) is 8.63. The smallest absolute Gasteiger partial charge is 0.0848 e. The van der Waals surface area contributed by atoms with Gasteiger partial charge in [0.1, 0.15) is 0 Å². The van der Waals surface area contributed by atoms with Crippen molar-refractivity contribution >= 4 is 0 Å². The van der Waals surface area contributed by atoms with Gasteiger partial charge in [-0.05, 0) is 19.3 Å². The lowest BCUT2D eigenvalue weighted by Crippen LogP contribution is -2.37. The van der Waals surface area contributed by atoms with Crippen LogP contribution in [0.5, 0.6) is 0 Å². The SMILES string of the molecule is CC(O)/C=C\C(C)(O)C(C)(C)C. The second-order valence-corrected chi connectivity index (χ2v) is 4.50. The van der Waals surface area contributed by atoms with E-state index in [1.807, 2.05) is 20.8 Å². The lowest BCUT2D eigenvalue weighted by molar-refractivity contribution is 0.00276. The van der Waals surface area contributed by atoms with Crippen LogP contribution in [-0.2, 0) is 0 Å². The molecule has 2 heteroatoms. The third-order valence-electron chi connectivity index (χ3n) is 2.22. The molecule has 0 aliphatic carbocycles. The van der Waals surface area contributed by atoms with Crippen LogP contribution in [0.1, 0.15) is 34.6 Å². The summed E-state index contributed by atoms with van der Waals surface area (Å²) in [5.41, 5.74) is -1.08. The monoisotopic (exact) mass is 172 g/mol. The van der Waals surface area contributed by atoms with E-state index in [2.05, 4.69) is 0 Å². The molecule has 0 saturated carbocycles. The van der Waals surface area contributed by atoms with E-state index < -0.39 is 11.7 Å². The molecule has 0 fully saturated rings. The molecular formula is C10H20O2. The molecule has 0 bridgehead atoms. The van der Waals surface area contributed by atoms with Crippen LogP contribution in [0.2, 0.25) is 0 Å². The van der Waals surface area contributed by atoms with Gasteiger partial charge in [0.2, 0.25) is 0 Å². The fourth-order valence-corrected chi connectivity index (χ4v) is 0.577. The Balaban J connectivity index is 4.43. The Labute approximate surface area is 74.9 Å². The fourth-order valence-electron chi connectivity index (χ4n) is 0.577. The molecule has 0 radical (unpaired) electrons. The number of hydrogen-bond donors (Lipinski definition) is 2. The van der Waals surface area contributed by atoms with Crippen molar-refractivity contribution in [2.45, 2.75) is 46.3 Å². The molecular weight excluding hydrogens is 152 g/mol. The molecule has 12 heavy (non-hydrogen) atoms. The first-order chi connectivity index (χ1) is 5.17. The van der Waals surface area contributed by atoms with Crippen molar-refractivity contribution < 1.29 is 10.2 Å². The zero-order valence-corrected chi connectivity index (χ0v) is 8.63. The highest BCUT2D eigenvalue weighted by Crippen LogP contribution is 2.30. The highest BCUT2D eigenvalue weighted by atomic mass is 16.3. The average molecular weight is 172 g/mol. The molecule has 0 amide bonds. The summed E-state index contributed by atoms with van der Waals surface area (Å²) in [5.74, 6) is 0. The number of aliphatic hydroxyl groups is 2. The van der Waals surface area contributed by atoms with E-state index >= 15 is 0 Å². The van der Waals surface area contributed by atoms with E-state index in [9.17, 15) is 5.11 Å². The minimum Gasteiger partial charge on any atom is -0.389 e. The Hall–Kier alpha value is -0.340. The van der Waals surface area contributed by atoms with Crippen molar-refractivity contribution in [1.82, 2.24) is 0 Å². The van der Waals surface area contributed by atoms with Gasteiger partial charge in [-0.3, -0.25) is 0 Å². The Kier molecular flexibility index (Phi) is 3.48. The van der Waals surface area contributed by atoms with E-state index in [1.54, 1.807) is 26.0 Å². The maximum Gasteiger partial charge on any atom is 0.0848 e. The molecule has 2 atom stereocenters. The topological polar surface area (TPSA) is 40.5 Å². The normalized spacial score (nSPS) is 20.9. The molecule has 0 rings (SSSR count). The first-order valence-corrected chi connectivity index (χ1v) is 4.26. The minimum atomic E-state index is -0.871. The molecule has 2 nitrogen and oxygen atoms in total. The molecule has 0 aromatic carbocycles. The molecule has 0 saturated heterocycles. The Morgan fingerprint density at radius 1 is 1.17 bits per heavy atom. The molecule has 2 N–H and O–H groups in total. The molecule has 0 aromatic heterocycles. The van der Waals surface area contributed by atoms with Gasteiger partial charge in [-0.15, -0.1) is 0 Å². The molecule has 0 heterocycles. The van der Waals surface area contributed by atoms with E-state index in [-0.39, 0.29) is 5.41 Å². The highest BCUT2D eigenvalue weighted by Gasteiger charge is 2.32. The van der Waals surface area contributed by atoms with Crippen LogP contribution in [0.25, 0.3) is 0 Å². The van der Waals surface area contributed by atoms with Gasteiger partial charge in [-0.2, -0.15) is 0 Å². The minimum absolute atomic E-state index is 0.210. The summed E-state index contributed by atoms with van der Waals surface area (Å²) in [7, 11) is 0. The maximum absolute atomic E-state index is 9.90. The van der Waals surface area contributed by atoms with E-state index in [0.29, 0.717) is 0 Å². The van der Waals surface area contributed by atoms with E-state index in [4.69, 9.17) is 5.11 Å². The Bertz CT molecular complexity index is 161. The van der Waals surface area contributed by atoms with Crippen LogP contribution in [0.3, 0.4) is 0 Å². The van der Waals surface area contributed by atoms with Crippen molar-refractivity contribution in [2.24, 2.45) is 5.41 Å². The quantitative estimate of drug-likeness (QED) is 0.623. The van der Waals surface area contributed by atoms with Crippen LogP contribution < -0.4 is 0 Å². The van der Waals surface area contributed by atoms with Crippen molar-refractivity contribution in [3.8, 4) is 0 Å². The molecule has 72 valence electrons. The van der Waals surface area contributed by atoms with Gasteiger partial charge in [0, 0.05) is 0 Å². The van der Waals surface area contributed by atoms with Gasteiger partial charge < -0.3 is 10.2 Å². The van der Waals surface area contributed by atoms with Crippen LogP contribution in [0, 0.1) is 5.41 Å². The molecule has 0 aromatic rings. The average Bonchev–Trinajstić information content (AvgIpc) is 1.81. The van der Waals surface area contributed by atoms with Gasteiger partial charge in [0.15, 0.2) is 0 Å². The zero-order chi connectivity index (χ0) is 9.99. The van der Waals surface area contributed by atoms with Crippen molar-refractivity contribution in [1.29, 1.82) is 0 Å². The summed E-state index contributed by atoms with van der Waals surface area (Å²) < 4.78 is 0. The van der Waals surface area contributed by atoms with Gasteiger partial charge >= 0.3 is 0 Å². The standard InChI is InChI=1S/C10H20O2/c1-8(11)6-7-10(5,12)9(2,3)4/h6-8,11-12H,1-5H3/b7-6-. The highest BCUT2D eigenvalue weighted by molar-refractivity contribution is 5.05. The molecule has 0 spiro atoms. The summed E-state index contributed by atoms with van der Waals surface area (Å²) >= 11 is 0. The van der Waals surface area contributed by atoms with Gasteiger partial charge in [-0.1, -0.05) is 32.9 Å². The molecule has 2 unspecified atom stereocenters. The number of aliphatic hydroxyl groups excluding tert-OH is 1. The predicted octanol–water partition coefficient (Wildman–Crippen LogP) is 1.72. The van der Waals surface area contributed by atoms with Gasteiger partial charge in [0.05, 0.1) is 11.7 Å². The second-order valence-electron chi connectivity index (χ2n) is 4.50. The van der Waals surface area contributed by atoms with Crippen LogP contribution in [0.4, 0.5) is 0 Å². The second kappa shape index (κ2) is 3.58. The van der Waals surface area contributed by atoms with E-state index in [0.717, 1.165) is 0 Å². The number of hydrogen-bond acceptors (Lipinski definition) is 2. The van der Waals surface area contributed by atoms with Crippen LogP contribution >= 0.6 is 0 Å². The summed E-state index contributed by atoms with van der Waals surface area (Å²) in [6.07, 6.45) is 2.75. The summed E-state index contributed by atoms with van der Waals surface area (Å²) in [6.45, 7) is 9.28. The van der Waals surface area contributed by atoms with Crippen molar-refractivity contribution in [2.75, 3.05) is 0 Å². The predicted molar refractivity (Wildman–Crippen MR) is 50.9 cm³/mol. The van der Waals surface area contributed by atoms with Gasteiger partial charge in [-0.25, -0.2) is 0 Å².